The molecule has 0 aromatic rings. The average Bonchev–Trinajstić information content (AvgIpc) is 2.35. The first kappa shape index (κ1) is 15.4. The first-order valence-electron chi connectivity index (χ1n) is 6.47. The zero-order chi connectivity index (χ0) is 14.4. The van der Waals surface area contributed by atoms with Gasteiger partial charge in [-0.2, -0.15) is 0 Å². The van der Waals surface area contributed by atoms with E-state index in [0.717, 1.165) is 18.8 Å². The number of piperazine rings is 1. The number of carbonyl (C=O) groups excluding carboxylic acids is 1. The monoisotopic (exact) mass is 267 g/mol. The van der Waals surface area contributed by atoms with Crippen molar-refractivity contribution in [1.82, 2.24) is 14.7 Å². The van der Waals surface area contributed by atoms with E-state index >= 15 is 0 Å². The summed E-state index contributed by atoms with van der Waals surface area (Å²) in [5, 5.41) is 0. The molecule has 0 aromatic heterocycles. The average molecular weight is 267 g/mol. The van der Waals surface area contributed by atoms with E-state index in [4.69, 9.17) is 11.5 Å². The minimum Gasteiger partial charge on any atom is -0.402 e. The second-order valence-electron chi connectivity index (χ2n) is 5.11. The minimum atomic E-state index is 0.171. The Balaban J connectivity index is 2.47. The Hall–Kier alpha value is -1.69. The van der Waals surface area contributed by atoms with Crippen molar-refractivity contribution in [2.24, 2.45) is 11.5 Å². The highest BCUT2D eigenvalue weighted by Gasteiger charge is 2.21. The third kappa shape index (κ3) is 5.21. The topological polar surface area (TPSA) is 78.8 Å². The molecule has 0 atom stereocenters. The van der Waals surface area contributed by atoms with Gasteiger partial charge < -0.3 is 26.2 Å². The van der Waals surface area contributed by atoms with Crippen molar-refractivity contribution in [3.8, 4) is 0 Å². The summed E-state index contributed by atoms with van der Waals surface area (Å²) in [6.07, 6.45) is 3.60. The molecule has 1 saturated heterocycles. The molecule has 0 spiro atoms. The predicted molar refractivity (Wildman–Crippen MR) is 76.9 cm³/mol. The summed E-state index contributed by atoms with van der Waals surface area (Å²) in [5.74, 6) is 0.870. The fourth-order valence-electron chi connectivity index (χ4n) is 1.91. The van der Waals surface area contributed by atoms with Crippen LogP contribution in [0.25, 0.3) is 0 Å². The third-order valence-corrected chi connectivity index (χ3v) is 2.97. The van der Waals surface area contributed by atoms with Gasteiger partial charge in [0.25, 0.3) is 0 Å². The second kappa shape index (κ2) is 7.04. The van der Waals surface area contributed by atoms with Crippen molar-refractivity contribution in [1.29, 1.82) is 0 Å². The Kier molecular flexibility index (Phi) is 5.69. The van der Waals surface area contributed by atoms with Gasteiger partial charge in [-0.3, -0.25) is 4.79 Å². The zero-order valence-electron chi connectivity index (χ0n) is 12.1. The van der Waals surface area contributed by atoms with Crippen LogP contribution in [-0.2, 0) is 4.79 Å². The van der Waals surface area contributed by atoms with Crippen LogP contribution in [0.4, 0.5) is 0 Å². The number of nitrogens with zero attached hydrogens (tertiary/aromatic N) is 3. The molecule has 6 heteroatoms. The van der Waals surface area contributed by atoms with Crippen LogP contribution in [-0.4, -0.2) is 67.4 Å². The number of hydrogen-bond donors (Lipinski definition) is 2. The molecule has 0 unspecified atom stereocenters. The number of hydrogen-bond acceptors (Lipinski definition) is 5. The summed E-state index contributed by atoms with van der Waals surface area (Å²) in [5.41, 5.74) is 12.3. The van der Waals surface area contributed by atoms with Crippen LogP contribution < -0.4 is 11.5 Å². The van der Waals surface area contributed by atoms with Gasteiger partial charge in [-0.05, 0) is 33.2 Å². The van der Waals surface area contributed by atoms with Crippen molar-refractivity contribution in [2.45, 2.75) is 6.92 Å². The van der Waals surface area contributed by atoms with Crippen LogP contribution in [0.3, 0.4) is 0 Å². The van der Waals surface area contributed by atoms with Gasteiger partial charge >= 0.3 is 0 Å². The maximum atomic E-state index is 11.9. The smallest absolute Gasteiger partial charge is 0.236 e. The van der Waals surface area contributed by atoms with Gasteiger partial charge in [0.05, 0.1) is 12.4 Å². The van der Waals surface area contributed by atoms with Crippen LogP contribution >= 0.6 is 0 Å². The van der Waals surface area contributed by atoms with Gasteiger partial charge in [0.1, 0.15) is 0 Å². The molecule has 19 heavy (non-hydrogen) atoms. The van der Waals surface area contributed by atoms with E-state index in [9.17, 15) is 4.79 Å². The Morgan fingerprint density at radius 3 is 2.11 bits per heavy atom. The maximum Gasteiger partial charge on any atom is 0.236 e. The molecule has 1 rings (SSSR count). The molecule has 0 aromatic carbocycles. The van der Waals surface area contributed by atoms with Crippen molar-refractivity contribution in [3.05, 3.63) is 23.7 Å². The minimum absolute atomic E-state index is 0.171. The van der Waals surface area contributed by atoms with Crippen molar-refractivity contribution in [2.75, 3.05) is 46.8 Å². The van der Waals surface area contributed by atoms with E-state index in [1.807, 2.05) is 36.9 Å². The molecule has 108 valence electrons. The molecule has 1 heterocycles. The first-order valence-corrected chi connectivity index (χ1v) is 6.47. The first-order chi connectivity index (χ1) is 8.90. The number of rotatable bonds is 4. The molecule has 0 aliphatic carbocycles. The van der Waals surface area contributed by atoms with Crippen molar-refractivity contribution < 1.29 is 4.79 Å². The largest absolute Gasteiger partial charge is 0.402 e. The van der Waals surface area contributed by atoms with Gasteiger partial charge in [-0.25, -0.2) is 0 Å². The fraction of sp³-hybridized carbons (Fsp3) is 0.615. The molecule has 1 amide bonds. The summed E-state index contributed by atoms with van der Waals surface area (Å²) in [6.45, 7) is 5.24. The van der Waals surface area contributed by atoms with Crippen LogP contribution in [0, 0.1) is 0 Å². The highest BCUT2D eigenvalue weighted by molar-refractivity contribution is 5.78. The predicted octanol–water partition coefficient (Wildman–Crippen LogP) is -0.645. The molecular formula is C13H25N5O. The van der Waals surface area contributed by atoms with E-state index in [1.165, 1.54) is 0 Å². The number of nitrogens with two attached hydrogens (primary N) is 2. The zero-order valence-corrected chi connectivity index (χ0v) is 12.1. The van der Waals surface area contributed by atoms with E-state index in [1.54, 1.807) is 6.08 Å². The van der Waals surface area contributed by atoms with Gasteiger partial charge in [-0.15, -0.1) is 0 Å². The highest BCUT2D eigenvalue weighted by Crippen LogP contribution is 2.06. The second-order valence-corrected chi connectivity index (χ2v) is 5.11. The molecule has 4 N–H and O–H groups in total. The molecule has 6 nitrogen and oxygen atoms in total. The lowest BCUT2D eigenvalue weighted by Gasteiger charge is -2.36. The van der Waals surface area contributed by atoms with Crippen molar-refractivity contribution in [3.63, 3.8) is 0 Å². The van der Waals surface area contributed by atoms with Gasteiger partial charge in [0.15, 0.2) is 0 Å². The Labute approximate surface area is 115 Å². The summed E-state index contributed by atoms with van der Waals surface area (Å²) < 4.78 is 0. The summed E-state index contributed by atoms with van der Waals surface area (Å²) in [7, 11) is 3.80. The van der Waals surface area contributed by atoms with Gasteiger partial charge in [-0.1, -0.05) is 0 Å². The van der Waals surface area contributed by atoms with E-state index < -0.39 is 0 Å². The Morgan fingerprint density at radius 2 is 1.63 bits per heavy atom. The Bertz CT molecular complexity index is 363. The fourth-order valence-corrected chi connectivity index (χ4v) is 1.91. The number of likely N-dealkylation sites (N-methyl/N-ethyl adjacent to an activating group) is 1. The number of amides is 1. The molecule has 0 saturated carbocycles. The number of carbonyl (C=O) groups is 1. The van der Waals surface area contributed by atoms with E-state index in [0.29, 0.717) is 25.5 Å². The summed E-state index contributed by atoms with van der Waals surface area (Å²) in [4.78, 5) is 17.7. The van der Waals surface area contributed by atoms with Crippen LogP contribution in [0.2, 0.25) is 0 Å². The van der Waals surface area contributed by atoms with Gasteiger partial charge in [0.2, 0.25) is 5.91 Å². The lowest BCUT2D eigenvalue weighted by Crippen LogP contribution is -2.51. The molecular weight excluding hydrogens is 242 g/mol. The van der Waals surface area contributed by atoms with Crippen LogP contribution in [0.1, 0.15) is 6.92 Å². The molecule has 0 radical (unpaired) electrons. The number of allylic oxidation sites excluding steroid dienone is 3. The summed E-state index contributed by atoms with van der Waals surface area (Å²) in [6, 6.07) is 0. The van der Waals surface area contributed by atoms with Crippen molar-refractivity contribution >= 4 is 5.91 Å². The quantitative estimate of drug-likeness (QED) is 0.662. The van der Waals surface area contributed by atoms with E-state index in [-0.39, 0.29) is 5.91 Å². The maximum absolute atomic E-state index is 11.9. The third-order valence-electron chi connectivity index (χ3n) is 2.97. The highest BCUT2D eigenvalue weighted by atomic mass is 16.2. The lowest BCUT2D eigenvalue weighted by molar-refractivity contribution is -0.133. The molecule has 1 fully saturated rings. The SMILES string of the molecule is C/C(N)=C/C=C(\N)N1CCN(C(=O)CN(C)C)CC1. The normalized spacial score (nSPS) is 18.1. The van der Waals surface area contributed by atoms with Crippen LogP contribution in [0.5, 0.6) is 0 Å². The lowest BCUT2D eigenvalue weighted by atomic mass is 10.3. The van der Waals surface area contributed by atoms with E-state index in [2.05, 4.69) is 4.90 Å². The standard InChI is InChI=1S/C13H25N5O/c1-11(14)4-5-12(15)17-6-8-18(9-7-17)13(19)10-16(2)3/h4-5H,6-10,14-15H2,1-3H3/b11-4-,12-5+. The van der Waals surface area contributed by atoms with Gasteiger partial charge in [0, 0.05) is 31.9 Å². The van der Waals surface area contributed by atoms with Crippen LogP contribution in [0.15, 0.2) is 23.7 Å². The molecule has 1 aliphatic heterocycles. The molecule has 1 aliphatic rings. The summed E-state index contributed by atoms with van der Waals surface area (Å²) >= 11 is 0. The Morgan fingerprint density at radius 1 is 1.11 bits per heavy atom. The molecule has 0 bridgehead atoms.